The molecule has 0 saturated heterocycles. The lowest BCUT2D eigenvalue weighted by atomic mass is 9.87. The first-order valence-corrected chi connectivity index (χ1v) is 8.04. The molecular formula is C18H29NO. The van der Waals surface area contributed by atoms with Gasteiger partial charge in [0.25, 0.3) is 0 Å². The van der Waals surface area contributed by atoms with E-state index in [0.29, 0.717) is 12.1 Å². The van der Waals surface area contributed by atoms with E-state index in [1.165, 1.54) is 36.8 Å². The van der Waals surface area contributed by atoms with E-state index in [9.17, 15) is 0 Å². The van der Waals surface area contributed by atoms with Crippen LogP contribution in [0.25, 0.3) is 0 Å². The molecule has 0 heterocycles. The highest BCUT2D eigenvalue weighted by molar-refractivity contribution is 5.37. The monoisotopic (exact) mass is 275 g/mol. The minimum Gasteiger partial charge on any atom is -0.497 e. The van der Waals surface area contributed by atoms with Gasteiger partial charge in [-0.2, -0.15) is 0 Å². The van der Waals surface area contributed by atoms with Gasteiger partial charge in [0.05, 0.1) is 7.11 Å². The predicted octanol–water partition coefficient (Wildman–Crippen LogP) is 3.97. The van der Waals surface area contributed by atoms with Gasteiger partial charge in [-0.1, -0.05) is 26.3 Å². The Morgan fingerprint density at radius 3 is 2.80 bits per heavy atom. The van der Waals surface area contributed by atoms with Crippen molar-refractivity contribution in [3.05, 3.63) is 29.3 Å². The number of rotatable bonds is 6. The number of benzene rings is 1. The molecule has 112 valence electrons. The maximum atomic E-state index is 5.34. The molecule has 1 aliphatic rings. The summed E-state index contributed by atoms with van der Waals surface area (Å²) in [7, 11) is 1.74. The topological polar surface area (TPSA) is 21.3 Å². The van der Waals surface area contributed by atoms with Gasteiger partial charge in [0, 0.05) is 12.1 Å². The van der Waals surface area contributed by atoms with E-state index in [1.54, 1.807) is 7.11 Å². The molecule has 3 unspecified atom stereocenters. The number of fused-ring (bicyclic) bond motifs is 1. The molecular weight excluding hydrogens is 246 g/mol. The largest absolute Gasteiger partial charge is 0.497 e. The maximum Gasteiger partial charge on any atom is 0.119 e. The van der Waals surface area contributed by atoms with Crippen molar-refractivity contribution in [2.24, 2.45) is 5.92 Å². The average Bonchev–Trinajstić information content (AvgIpc) is 2.46. The van der Waals surface area contributed by atoms with Gasteiger partial charge < -0.3 is 10.1 Å². The molecule has 1 aromatic rings. The zero-order valence-corrected chi connectivity index (χ0v) is 13.4. The molecule has 0 radical (unpaired) electrons. The first-order valence-electron chi connectivity index (χ1n) is 8.04. The van der Waals surface area contributed by atoms with E-state index in [2.05, 4.69) is 44.3 Å². The molecule has 0 aromatic heterocycles. The Kier molecular flexibility index (Phi) is 5.47. The van der Waals surface area contributed by atoms with Crippen molar-refractivity contribution in [1.29, 1.82) is 0 Å². The fourth-order valence-corrected chi connectivity index (χ4v) is 3.24. The highest BCUT2D eigenvalue weighted by Crippen LogP contribution is 2.26. The van der Waals surface area contributed by atoms with Crippen molar-refractivity contribution in [1.82, 2.24) is 5.32 Å². The molecule has 20 heavy (non-hydrogen) atoms. The number of ether oxygens (including phenoxy) is 1. The zero-order chi connectivity index (χ0) is 14.5. The molecule has 0 bridgehead atoms. The highest BCUT2D eigenvalue weighted by Gasteiger charge is 2.20. The molecule has 2 rings (SSSR count). The summed E-state index contributed by atoms with van der Waals surface area (Å²) in [5.74, 6) is 1.80. The van der Waals surface area contributed by atoms with Gasteiger partial charge >= 0.3 is 0 Å². The molecule has 0 spiro atoms. The number of hydrogen-bond acceptors (Lipinski definition) is 2. The van der Waals surface area contributed by atoms with Crippen molar-refractivity contribution in [2.45, 2.75) is 65.0 Å². The van der Waals surface area contributed by atoms with Crippen LogP contribution in [0, 0.1) is 5.92 Å². The van der Waals surface area contributed by atoms with Crippen LogP contribution in [0.4, 0.5) is 0 Å². The lowest BCUT2D eigenvalue weighted by molar-refractivity contribution is 0.352. The molecule has 0 fully saturated rings. The highest BCUT2D eigenvalue weighted by atomic mass is 16.5. The number of nitrogens with one attached hydrogen (secondary N) is 1. The minimum atomic E-state index is 0.613. The Morgan fingerprint density at radius 1 is 1.30 bits per heavy atom. The predicted molar refractivity (Wildman–Crippen MR) is 85.5 cm³/mol. The van der Waals surface area contributed by atoms with Crippen LogP contribution >= 0.6 is 0 Å². The lowest BCUT2D eigenvalue weighted by Crippen LogP contribution is -2.40. The summed E-state index contributed by atoms with van der Waals surface area (Å²) < 4.78 is 5.34. The molecule has 1 N–H and O–H groups in total. The van der Waals surface area contributed by atoms with E-state index in [0.717, 1.165) is 18.1 Å². The number of aryl methyl sites for hydroxylation is 1. The third-order valence-corrected chi connectivity index (χ3v) is 4.61. The Hall–Kier alpha value is -1.02. The smallest absolute Gasteiger partial charge is 0.119 e. The Bertz CT molecular complexity index is 429. The van der Waals surface area contributed by atoms with Crippen molar-refractivity contribution in [2.75, 3.05) is 7.11 Å². The third kappa shape index (κ3) is 3.99. The molecule has 0 aliphatic heterocycles. The van der Waals surface area contributed by atoms with Crippen LogP contribution in [-0.2, 0) is 12.8 Å². The zero-order valence-electron chi connectivity index (χ0n) is 13.4. The van der Waals surface area contributed by atoms with Gasteiger partial charge in [-0.3, -0.25) is 0 Å². The Labute approximate surface area is 123 Å². The molecule has 0 amide bonds. The van der Waals surface area contributed by atoms with E-state index in [4.69, 9.17) is 4.74 Å². The second-order valence-corrected chi connectivity index (χ2v) is 6.39. The van der Waals surface area contributed by atoms with Crippen LogP contribution in [0.15, 0.2) is 18.2 Å². The molecule has 2 nitrogen and oxygen atoms in total. The maximum absolute atomic E-state index is 5.34. The van der Waals surface area contributed by atoms with Crippen molar-refractivity contribution in [3.63, 3.8) is 0 Å². The summed E-state index contributed by atoms with van der Waals surface area (Å²) >= 11 is 0. The van der Waals surface area contributed by atoms with E-state index >= 15 is 0 Å². The quantitative estimate of drug-likeness (QED) is 0.848. The average molecular weight is 275 g/mol. The summed E-state index contributed by atoms with van der Waals surface area (Å²) in [4.78, 5) is 0. The SMILES string of the molecule is CCC(C)CC(C)NC1CCc2ccc(OC)cc2C1. The summed E-state index contributed by atoms with van der Waals surface area (Å²) in [6.07, 6.45) is 6.13. The fraction of sp³-hybridized carbons (Fsp3) is 0.667. The summed E-state index contributed by atoms with van der Waals surface area (Å²) in [5.41, 5.74) is 2.96. The molecule has 1 aliphatic carbocycles. The van der Waals surface area contributed by atoms with Gasteiger partial charge in [-0.05, 0) is 61.8 Å². The third-order valence-electron chi connectivity index (χ3n) is 4.61. The van der Waals surface area contributed by atoms with Crippen LogP contribution in [0.5, 0.6) is 5.75 Å². The number of hydrogen-bond donors (Lipinski definition) is 1. The summed E-state index contributed by atoms with van der Waals surface area (Å²) in [6.45, 7) is 6.95. The normalized spacial score (nSPS) is 21.1. The molecule has 0 saturated carbocycles. The van der Waals surface area contributed by atoms with Gasteiger partial charge in [0.15, 0.2) is 0 Å². The number of methoxy groups -OCH3 is 1. The van der Waals surface area contributed by atoms with Crippen LogP contribution in [0.1, 0.15) is 51.2 Å². The van der Waals surface area contributed by atoms with Gasteiger partial charge in [0.2, 0.25) is 0 Å². The second kappa shape index (κ2) is 7.12. The molecule has 1 aromatic carbocycles. The fourth-order valence-electron chi connectivity index (χ4n) is 3.24. The van der Waals surface area contributed by atoms with Crippen LogP contribution in [0.2, 0.25) is 0 Å². The van der Waals surface area contributed by atoms with Crippen molar-refractivity contribution < 1.29 is 4.74 Å². The standard InChI is InChI=1S/C18H29NO/c1-5-13(2)10-14(3)19-17-8-6-15-7-9-18(20-4)12-16(15)11-17/h7,9,12-14,17,19H,5-6,8,10-11H2,1-4H3. The van der Waals surface area contributed by atoms with Crippen LogP contribution in [-0.4, -0.2) is 19.2 Å². The van der Waals surface area contributed by atoms with Crippen LogP contribution in [0.3, 0.4) is 0 Å². The summed E-state index contributed by atoms with van der Waals surface area (Å²) in [5, 5.41) is 3.82. The lowest BCUT2D eigenvalue weighted by Gasteiger charge is -2.29. The first kappa shape index (κ1) is 15.4. The second-order valence-electron chi connectivity index (χ2n) is 6.39. The minimum absolute atomic E-state index is 0.613. The molecule has 2 heteroatoms. The van der Waals surface area contributed by atoms with E-state index in [-0.39, 0.29) is 0 Å². The van der Waals surface area contributed by atoms with Gasteiger partial charge in [0.1, 0.15) is 5.75 Å². The Balaban J connectivity index is 1.93. The Morgan fingerprint density at radius 2 is 2.10 bits per heavy atom. The van der Waals surface area contributed by atoms with Crippen molar-refractivity contribution in [3.8, 4) is 5.75 Å². The van der Waals surface area contributed by atoms with Crippen LogP contribution < -0.4 is 10.1 Å². The van der Waals surface area contributed by atoms with Gasteiger partial charge in [-0.25, -0.2) is 0 Å². The molecule has 3 atom stereocenters. The first-order chi connectivity index (χ1) is 9.62. The van der Waals surface area contributed by atoms with E-state index < -0.39 is 0 Å². The summed E-state index contributed by atoms with van der Waals surface area (Å²) in [6, 6.07) is 7.75. The van der Waals surface area contributed by atoms with Crippen molar-refractivity contribution >= 4 is 0 Å². The van der Waals surface area contributed by atoms with E-state index in [1.807, 2.05) is 0 Å². The van der Waals surface area contributed by atoms with Gasteiger partial charge in [-0.15, -0.1) is 0 Å².